The number of nitrogens with zero attached hydrogens (tertiary/aromatic N) is 1. The van der Waals surface area contributed by atoms with E-state index >= 15 is 0 Å². The van der Waals surface area contributed by atoms with Crippen LogP contribution in [-0.4, -0.2) is 46.4 Å². The summed E-state index contributed by atoms with van der Waals surface area (Å²) >= 11 is 0. The second kappa shape index (κ2) is 7.75. The number of cyclic esters (lactones) is 1. The third-order valence-electron chi connectivity index (χ3n) is 4.37. The van der Waals surface area contributed by atoms with E-state index in [0.29, 0.717) is 53.1 Å². The Hall–Kier alpha value is -3.68. The molecule has 0 spiro atoms. The number of hydrogen-bond acceptors (Lipinski definition) is 8. The van der Waals surface area contributed by atoms with E-state index in [1.54, 1.807) is 57.7 Å². The monoisotopic (exact) mass is 397 g/mol. The van der Waals surface area contributed by atoms with Gasteiger partial charge in [-0.1, -0.05) is 0 Å². The lowest BCUT2D eigenvalue weighted by Crippen LogP contribution is -2.16. The molecule has 29 heavy (non-hydrogen) atoms. The van der Waals surface area contributed by atoms with E-state index in [4.69, 9.17) is 28.4 Å². The molecule has 0 unspecified atom stereocenters. The zero-order valence-corrected chi connectivity index (χ0v) is 16.2. The van der Waals surface area contributed by atoms with Crippen LogP contribution in [0.15, 0.2) is 41.0 Å². The molecule has 2 aromatic carbocycles. The summed E-state index contributed by atoms with van der Waals surface area (Å²) in [6.45, 7) is 0.895. The number of carbonyl (C=O) groups excluding carboxylic acids is 1. The molecule has 0 amide bonds. The Morgan fingerprint density at radius 1 is 0.931 bits per heavy atom. The summed E-state index contributed by atoms with van der Waals surface area (Å²) in [5.74, 6) is 2.35. The Kier molecular flexibility index (Phi) is 4.99. The van der Waals surface area contributed by atoms with Gasteiger partial charge in [0, 0.05) is 11.6 Å². The molecule has 0 fully saturated rings. The molecular formula is C21H19NO7. The fourth-order valence-electron chi connectivity index (χ4n) is 3.00. The number of aliphatic imine (C=N–C) groups is 1. The second-order valence-electron chi connectivity index (χ2n) is 6.18. The molecule has 4 rings (SSSR count). The van der Waals surface area contributed by atoms with Crippen molar-refractivity contribution in [2.24, 2.45) is 4.99 Å². The predicted molar refractivity (Wildman–Crippen MR) is 104 cm³/mol. The smallest absolute Gasteiger partial charge is 0.363 e. The minimum absolute atomic E-state index is 0.153. The van der Waals surface area contributed by atoms with Gasteiger partial charge in [-0.05, 0) is 35.9 Å². The molecule has 8 heteroatoms. The number of rotatable bonds is 5. The van der Waals surface area contributed by atoms with E-state index in [0.717, 1.165) is 0 Å². The van der Waals surface area contributed by atoms with Gasteiger partial charge in [0.05, 0.1) is 21.3 Å². The lowest BCUT2D eigenvalue weighted by atomic mass is 10.1. The first kappa shape index (κ1) is 18.7. The zero-order chi connectivity index (χ0) is 20.4. The van der Waals surface area contributed by atoms with Gasteiger partial charge in [0.15, 0.2) is 17.2 Å². The summed E-state index contributed by atoms with van der Waals surface area (Å²) in [5, 5.41) is 0. The van der Waals surface area contributed by atoms with Crippen LogP contribution in [0.1, 0.15) is 11.1 Å². The molecule has 0 radical (unpaired) electrons. The standard InChI is InChI=1S/C21H19NO7/c1-24-14-9-13(10-15(11-14)25-2)20-22-16(21(23)29-20)6-12-7-17(26-3)19-18(8-12)27-4-5-28-19/h6-11H,4-5H2,1-3H3/b16-6-. The minimum atomic E-state index is -0.560. The highest BCUT2D eigenvalue weighted by Gasteiger charge is 2.26. The van der Waals surface area contributed by atoms with Crippen molar-refractivity contribution in [1.82, 2.24) is 0 Å². The molecule has 2 aliphatic rings. The lowest BCUT2D eigenvalue weighted by Gasteiger charge is -2.20. The molecule has 0 aliphatic carbocycles. The molecule has 0 aromatic heterocycles. The second-order valence-corrected chi connectivity index (χ2v) is 6.18. The van der Waals surface area contributed by atoms with E-state index in [2.05, 4.69) is 4.99 Å². The van der Waals surface area contributed by atoms with E-state index in [1.165, 1.54) is 0 Å². The molecular weight excluding hydrogens is 378 g/mol. The van der Waals surface area contributed by atoms with E-state index in [9.17, 15) is 4.79 Å². The first-order chi connectivity index (χ1) is 14.1. The minimum Gasteiger partial charge on any atom is -0.497 e. The molecule has 0 bridgehead atoms. The molecule has 0 saturated carbocycles. The largest absolute Gasteiger partial charge is 0.497 e. The van der Waals surface area contributed by atoms with Crippen LogP contribution < -0.4 is 23.7 Å². The summed E-state index contributed by atoms with van der Waals surface area (Å²) in [6.07, 6.45) is 1.60. The topological polar surface area (TPSA) is 84.8 Å². The first-order valence-electron chi connectivity index (χ1n) is 8.85. The molecule has 2 aromatic rings. The van der Waals surface area contributed by atoms with Gasteiger partial charge in [0.1, 0.15) is 24.7 Å². The van der Waals surface area contributed by atoms with E-state index < -0.39 is 5.97 Å². The summed E-state index contributed by atoms with van der Waals surface area (Å²) in [7, 11) is 4.63. The van der Waals surface area contributed by atoms with Gasteiger partial charge in [-0.3, -0.25) is 0 Å². The van der Waals surface area contributed by atoms with Gasteiger partial charge >= 0.3 is 5.97 Å². The van der Waals surface area contributed by atoms with Crippen molar-refractivity contribution >= 4 is 17.9 Å². The van der Waals surface area contributed by atoms with Crippen LogP contribution in [0.5, 0.6) is 28.7 Å². The third-order valence-corrected chi connectivity index (χ3v) is 4.37. The van der Waals surface area contributed by atoms with Crippen molar-refractivity contribution in [2.75, 3.05) is 34.5 Å². The SMILES string of the molecule is COc1cc(OC)cc(C2=N/C(=C\c3cc(OC)c4c(c3)OCCO4)C(=O)O2)c1. The maximum atomic E-state index is 12.4. The van der Waals surface area contributed by atoms with Gasteiger partial charge in [-0.25, -0.2) is 9.79 Å². The molecule has 0 N–H and O–H groups in total. The quantitative estimate of drug-likeness (QED) is 0.567. The van der Waals surface area contributed by atoms with Crippen molar-refractivity contribution in [2.45, 2.75) is 0 Å². The number of carbonyl (C=O) groups is 1. The Bertz CT molecular complexity index is 986. The summed E-state index contributed by atoms with van der Waals surface area (Å²) in [4.78, 5) is 16.7. The Balaban J connectivity index is 1.70. The van der Waals surface area contributed by atoms with Crippen LogP contribution in [0.2, 0.25) is 0 Å². The van der Waals surface area contributed by atoms with Crippen LogP contribution in [0.25, 0.3) is 6.08 Å². The van der Waals surface area contributed by atoms with Gasteiger partial charge in [-0.15, -0.1) is 0 Å². The molecule has 2 aliphatic heterocycles. The van der Waals surface area contributed by atoms with Crippen LogP contribution in [0.3, 0.4) is 0 Å². The number of fused-ring (bicyclic) bond motifs is 1. The van der Waals surface area contributed by atoms with Crippen molar-refractivity contribution in [3.05, 3.63) is 47.2 Å². The van der Waals surface area contributed by atoms with Gasteiger partial charge in [0.2, 0.25) is 11.6 Å². The van der Waals surface area contributed by atoms with Gasteiger partial charge < -0.3 is 28.4 Å². The fraction of sp³-hybridized carbons (Fsp3) is 0.238. The van der Waals surface area contributed by atoms with Crippen LogP contribution in [0.4, 0.5) is 0 Å². The van der Waals surface area contributed by atoms with Crippen molar-refractivity contribution in [3.63, 3.8) is 0 Å². The third kappa shape index (κ3) is 3.69. The van der Waals surface area contributed by atoms with Crippen LogP contribution in [0, 0.1) is 0 Å². The number of methoxy groups -OCH3 is 3. The number of ether oxygens (including phenoxy) is 6. The Morgan fingerprint density at radius 2 is 1.66 bits per heavy atom. The van der Waals surface area contributed by atoms with Gasteiger partial charge in [0.25, 0.3) is 0 Å². The lowest BCUT2D eigenvalue weighted by molar-refractivity contribution is -0.129. The van der Waals surface area contributed by atoms with Crippen molar-refractivity contribution < 1.29 is 33.2 Å². The molecule has 0 atom stereocenters. The van der Waals surface area contributed by atoms with Gasteiger partial charge in [-0.2, -0.15) is 0 Å². The first-order valence-corrected chi connectivity index (χ1v) is 8.85. The normalized spacial score (nSPS) is 16.3. The molecule has 8 nitrogen and oxygen atoms in total. The van der Waals surface area contributed by atoms with Crippen LogP contribution in [-0.2, 0) is 9.53 Å². The van der Waals surface area contributed by atoms with E-state index in [1.807, 2.05) is 0 Å². The Morgan fingerprint density at radius 3 is 2.34 bits per heavy atom. The number of esters is 1. The highest BCUT2D eigenvalue weighted by Crippen LogP contribution is 2.41. The zero-order valence-electron chi connectivity index (χ0n) is 16.2. The summed E-state index contributed by atoms with van der Waals surface area (Å²) in [5.41, 5.74) is 1.39. The predicted octanol–water partition coefficient (Wildman–Crippen LogP) is 2.83. The van der Waals surface area contributed by atoms with Crippen LogP contribution >= 0.6 is 0 Å². The molecule has 150 valence electrons. The fourth-order valence-corrected chi connectivity index (χ4v) is 3.00. The highest BCUT2D eigenvalue weighted by molar-refractivity contribution is 6.13. The average molecular weight is 397 g/mol. The maximum Gasteiger partial charge on any atom is 0.363 e. The average Bonchev–Trinajstić information content (AvgIpc) is 3.12. The maximum absolute atomic E-state index is 12.4. The number of hydrogen-bond donors (Lipinski definition) is 0. The van der Waals surface area contributed by atoms with Crippen molar-refractivity contribution in [1.29, 1.82) is 0 Å². The molecule has 0 saturated heterocycles. The highest BCUT2D eigenvalue weighted by atomic mass is 16.6. The van der Waals surface area contributed by atoms with Crippen molar-refractivity contribution in [3.8, 4) is 28.7 Å². The van der Waals surface area contributed by atoms with E-state index in [-0.39, 0.29) is 11.6 Å². The summed E-state index contributed by atoms with van der Waals surface area (Å²) in [6, 6.07) is 8.66. The molecule has 2 heterocycles. The Labute approximate surface area is 167 Å². The number of benzene rings is 2. The summed E-state index contributed by atoms with van der Waals surface area (Å²) < 4.78 is 32.4.